The van der Waals surface area contributed by atoms with E-state index in [1.54, 1.807) is 0 Å². The maximum Gasteiger partial charge on any atom is 0.335 e. The maximum atomic E-state index is 10.6. The second kappa shape index (κ2) is 5.29. The molecule has 0 aliphatic heterocycles. The van der Waals surface area contributed by atoms with Crippen molar-refractivity contribution in [3.8, 4) is 0 Å². The fraction of sp³-hybridized carbons (Fsp3) is 0. The number of benzene rings is 1. The normalized spacial score (nSPS) is 9.00. The summed E-state index contributed by atoms with van der Waals surface area (Å²) in [7, 11) is 0. The van der Waals surface area contributed by atoms with Gasteiger partial charge in [0.25, 0.3) is 0 Å². The molecule has 0 heterocycles. The van der Waals surface area contributed by atoms with Gasteiger partial charge in [0, 0.05) is 17.1 Å². The van der Waals surface area contributed by atoms with Crippen LogP contribution >= 0.6 is 0 Å². The van der Waals surface area contributed by atoms with E-state index in [1.807, 2.05) is 0 Å². The van der Waals surface area contributed by atoms with E-state index in [0.717, 1.165) is 18.2 Å². The first-order valence-corrected chi connectivity index (χ1v) is 3.77. The number of carboxylic acid groups (broad SMARTS) is 3. The van der Waals surface area contributed by atoms with Gasteiger partial charge >= 0.3 is 17.9 Å². The third-order valence-corrected chi connectivity index (χ3v) is 1.67. The van der Waals surface area contributed by atoms with Crippen molar-refractivity contribution in [1.29, 1.82) is 0 Å². The molecule has 16 heavy (non-hydrogen) atoms. The molecule has 0 aliphatic rings. The van der Waals surface area contributed by atoms with E-state index >= 15 is 0 Å². The quantitative estimate of drug-likeness (QED) is 0.696. The number of aromatic carboxylic acids is 3. The second-order valence-corrected chi connectivity index (χ2v) is 2.71. The van der Waals surface area contributed by atoms with Gasteiger partial charge in [-0.2, -0.15) is 0 Å². The van der Waals surface area contributed by atoms with Gasteiger partial charge in [-0.1, -0.05) is 0 Å². The van der Waals surface area contributed by atoms with Crippen LogP contribution in [0.2, 0.25) is 0 Å². The Morgan fingerprint density at radius 2 is 0.875 bits per heavy atom. The summed E-state index contributed by atoms with van der Waals surface area (Å²) in [6.45, 7) is 0. The number of rotatable bonds is 3. The molecule has 0 bridgehead atoms. The zero-order chi connectivity index (χ0) is 11.6. The first-order chi connectivity index (χ1) is 6.91. The molecule has 0 atom stereocenters. The van der Waals surface area contributed by atoms with Crippen LogP contribution in [0.3, 0.4) is 0 Å². The van der Waals surface area contributed by atoms with Gasteiger partial charge in [0.05, 0.1) is 16.7 Å². The Morgan fingerprint density at radius 3 is 1.00 bits per heavy atom. The van der Waals surface area contributed by atoms with Crippen molar-refractivity contribution in [3.63, 3.8) is 0 Å². The molecule has 0 saturated heterocycles. The van der Waals surface area contributed by atoms with Gasteiger partial charge in [0.15, 0.2) is 0 Å². The summed E-state index contributed by atoms with van der Waals surface area (Å²) in [5.74, 6) is -4.12. The summed E-state index contributed by atoms with van der Waals surface area (Å²) in [5, 5.41) is 25.8. The maximum absolute atomic E-state index is 10.6. The monoisotopic (exact) mass is 265 g/mol. The average Bonchev–Trinajstić information content (AvgIpc) is 2.16. The predicted octanol–water partition coefficient (Wildman–Crippen LogP) is 0.779. The van der Waals surface area contributed by atoms with E-state index in [2.05, 4.69) is 0 Å². The van der Waals surface area contributed by atoms with Crippen LogP contribution in [0.25, 0.3) is 0 Å². The van der Waals surface area contributed by atoms with Crippen LogP contribution in [0.15, 0.2) is 18.2 Å². The van der Waals surface area contributed by atoms with Gasteiger partial charge in [-0.25, -0.2) is 14.4 Å². The summed E-state index contributed by atoms with van der Waals surface area (Å²) in [6, 6.07) is 2.70. The molecule has 7 heteroatoms. The third-order valence-electron chi connectivity index (χ3n) is 1.67. The molecule has 0 unspecified atom stereocenters. The minimum atomic E-state index is -1.37. The van der Waals surface area contributed by atoms with Crippen molar-refractivity contribution in [2.45, 2.75) is 0 Å². The molecular formula is C9H6MnO6. The van der Waals surface area contributed by atoms with Crippen LogP contribution in [0.1, 0.15) is 31.1 Å². The fourth-order valence-corrected chi connectivity index (χ4v) is 0.998. The van der Waals surface area contributed by atoms with E-state index < -0.39 is 17.9 Å². The largest absolute Gasteiger partial charge is 0.478 e. The summed E-state index contributed by atoms with van der Waals surface area (Å²) in [4.78, 5) is 31.7. The van der Waals surface area contributed by atoms with Crippen LogP contribution in [0.5, 0.6) is 0 Å². The fourth-order valence-electron chi connectivity index (χ4n) is 0.998. The number of hydrogen-bond donors (Lipinski definition) is 3. The summed E-state index contributed by atoms with van der Waals surface area (Å²) in [5.41, 5.74) is -1.10. The molecule has 1 radical (unpaired) electrons. The van der Waals surface area contributed by atoms with E-state index in [0.29, 0.717) is 0 Å². The van der Waals surface area contributed by atoms with E-state index in [1.165, 1.54) is 0 Å². The summed E-state index contributed by atoms with van der Waals surface area (Å²) >= 11 is 0. The molecule has 6 nitrogen and oxygen atoms in total. The van der Waals surface area contributed by atoms with Gasteiger partial charge < -0.3 is 15.3 Å². The van der Waals surface area contributed by atoms with Crippen molar-refractivity contribution in [2.24, 2.45) is 0 Å². The Balaban J connectivity index is 0.00000225. The predicted molar refractivity (Wildman–Crippen MR) is 47.3 cm³/mol. The van der Waals surface area contributed by atoms with Gasteiger partial charge in [0.1, 0.15) is 0 Å². The van der Waals surface area contributed by atoms with Crippen LogP contribution in [0.4, 0.5) is 0 Å². The molecule has 1 aromatic carbocycles. The average molecular weight is 265 g/mol. The molecule has 0 saturated carbocycles. The Hall–Kier alpha value is -1.85. The summed E-state index contributed by atoms with van der Waals surface area (Å²) in [6.07, 6.45) is 0. The van der Waals surface area contributed by atoms with Crippen molar-refractivity contribution in [2.75, 3.05) is 0 Å². The molecule has 0 aromatic heterocycles. The van der Waals surface area contributed by atoms with E-state index in [4.69, 9.17) is 15.3 Å². The molecule has 1 aromatic rings. The first kappa shape index (κ1) is 14.1. The number of hydrogen-bond acceptors (Lipinski definition) is 3. The van der Waals surface area contributed by atoms with Crippen LogP contribution in [0, 0.1) is 0 Å². The second-order valence-electron chi connectivity index (χ2n) is 2.71. The molecule has 0 amide bonds. The number of carbonyl (C=O) groups is 3. The van der Waals surface area contributed by atoms with Crippen LogP contribution < -0.4 is 0 Å². The van der Waals surface area contributed by atoms with Crippen molar-refractivity contribution in [1.82, 2.24) is 0 Å². The topological polar surface area (TPSA) is 112 Å². The minimum Gasteiger partial charge on any atom is -0.478 e. The molecule has 1 rings (SSSR count). The Labute approximate surface area is 100.0 Å². The molecule has 0 aliphatic carbocycles. The van der Waals surface area contributed by atoms with Crippen molar-refractivity contribution in [3.05, 3.63) is 34.9 Å². The number of carboxylic acids is 3. The minimum absolute atomic E-state index is 0. The Morgan fingerprint density at radius 1 is 0.688 bits per heavy atom. The molecule has 0 fully saturated rings. The van der Waals surface area contributed by atoms with Gasteiger partial charge in [-0.3, -0.25) is 0 Å². The molecular weight excluding hydrogens is 259 g/mol. The smallest absolute Gasteiger partial charge is 0.335 e. The van der Waals surface area contributed by atoms with E-state index in [9.17, 15) is 14.4 Å². The van der Waals surface area contributed by atoms with E-state index in [-0.39, 0.29) is 33.8 Å². The van der Waals surface area contributed by atoms with Gasteiger partial charge in [0.2, 0.25) is 0 Å². The van der Waals surface area contributed by atoms with Crippen LogP contribution in [-0.2, 0) is 17.1 Å². The van der Waals surface area contributed by atoms with Crippen molar-refractivity contribution >= 4 is 17.9 Å². The summed E-state index contributed by atoms with van der Waals surface area (Å²) < 4.78 is 0. The molecule has 3 N–H and O–H groups in total. The molecule has 85 valence electrons. The third kappa shape index (κ3) is 3.08. The SMILES string of the molecule is O=C(O)c1cc(C(=O)O)cc(C(=O)O)c1.[Mn]. The zero-order valence-electron chi connectivity index (χ0n) is 7.68. The Kier molecular flexibility index (Phi) is 4.68. The molecule has 0 spiro atoms. The van der Waals surface area contributed by atoms with Crippen LogP contribution in [-0.4, -0.2) is 33.2 Å². The van der Waals surface area contributed by atoms with Gasteiger partial charge in [-0.15, -0.1) is 0 Å². The van der Waals surface area contributed by atoms with Gasteiger partial charge in [-0.05, 0) is 18.2 Å². The standard InChI is InChI=1S/C9H6O6.Mn/c10-7(11)4-1-5(8(12)13)3-6(2-4)9(14)15;/h1-3H,(H,10,11)(H,12,13)(H,14,15);. The Bertz CT molecular complexity index is 374. The van der Waals surface area contributed by atoms with Crippen molar-refractivity contribution < 1.29 is 46.8 Å². The zero-order valence-corrected chi connectivity index (χ0v) is 8.86. The first-order valence-electron chi connectivity index (χ1n) is 3.77.